The molecule has 4 nitrogen and oxygen atoms in total. The third kappa shape index (κ3) is 2.83. The molecule has 1 fully saturated rings. The number of carbonyl (C=O) groups is 1. The Bertz CT molecular complexity index is 685. The Labute approximate surface area is 133 Å². The van der Waals surface area contributed by atoms with Crippen LogP contribution in [0.5, 0.6) is 5.75 Å². The molecular weight excluding hydrogens is 304 g/mol. The molecule has 0 spiro atoms. The normalized spacial score (nSPS) is 26.1. The van der Waals surface area contributed by atoms with E-state index >= 15 is 0 Å². The number of ketones is 1. The highest BCUT2D eigenvalue weighted by molar-refractivity contribution is 5.97. The van der Waals surface area contributed by atoms with Crippen molar-refractivity contribution in [1.82, 2.24) is 5.32 Å². The van der Waals surface area contributed by atoms with Gasteiger partial charge in [0.25, 0.3) is 0 Å². The van der Waals surface area contributed by atoms with Crippen molar-refractivity contribution in [1.29, 1.82) is 0 Å². The highest BCUT2D eigenvalue weighted by Crippen LogP contribution is 2.40. The summed E-state index contributed by atoms with van der Waals surface area (Å²) in [6.45, 7) is 3.70. The molecule has 0 amide bonds. The standard InChI is InChI=1S/C17H19F2NO3/c1-17(2)20-8-11-12(21)6-9(7-14(11)23-17)10-4-5-13(22-3)16(19)15(10)18/h4-5,8-9,14,20H,6-7H2,1-3H3. The van der Waals surface area contributed by atoms with Crippen LogP contribution >= 0.6 is 0 Å². The number of carbonyl (C=O) groups excluding carboxylic acids is 1. The third-order valence-corrected chi connectivity index (χ3v) is 4.35. The first kappa shape index (κ1) is 15.9. The highest BCUT2D eigenvalue weighted by Gasteiger charge is 2.40. The molecule has 1 aromatic carbocycles. The van der Waals surface area contributed by atoms with E-state index in [0.29, 0.717) is 12.0 Å². The van der Waals surface area contributed by atoms with Crippen molar-refractivity contribution in [3.63, 3.8) is 0 Å². The van der Waals surface area contributed by atoms with Crippen molar-refractivity contribution in [2.24, 2.45) is 0 Å². The van der Waals surface area contributed by atoms with Crippen molar-refractivity contribution in [2.75, 3.05) is 7.11 Å². The van der Waals surface area contributed by atoms with E-state index < -0.39 is 29.4 Å². The maximum Gasteiger partial charge on any atom is 0.200 e. The Morgan fingerprint density at radius 2 is 2.04 bits per heavy atom. The zero-order chi connectivity index (χ0) is 16.8. The van der Waals surface area contributed by atoms with Gasteiger partial charge in [-0.05, 0) is 37.8 Å². The molecule has 23 heavy (non-hydrogen) atoms. The molecule has 2 atom stereocenters. The highest BCUT2D eigenvalue weighted by atomic mass is 19.2. The molecule has 1 aliphatic carbocycles. The van der Waals surface area contributed by atoms with E-state index in [-0.39, 0.29) is 23.5 Å². The molecular formula is C17H19F2NO3. The average Bonchev–Trinajstić information content (AvgIpc) is 2.48. The van der Waals surface area contributed by atoms with Gasteiger partial charge < -0.3 is 14.8 Å². The van der Waals surface area contributed by atoms with Crippen LogP contribution in [0.4, 0.5) is 8.78 Å². The van der Waals surface area contributed by atoms with E-state index in [2.05, 4.69) is 5.32 Å². The number of ether oxygens (including phenoxy) is 2. The molecule has 2 aliphatic rings. The maximum absolute atomic E-state index is 14.3. The molecule has 0 saturated heterocycles. The summed E-state index contributed by atoms with van der Waals surface area (Å²) in [5, 5.41) is 3.02. The monoisotopic (exact) mass is 323 g/mol. The number of halogens is 2. The van der Waals surface area contributed by atoms with E-state index in [1.54, 1.807) is 6.20 Å². The molecule has 124 valence electrons. The quantitative estimate of drug-likeness (QED) is 0.909. The minimum absolute atomic E-state index is 0.107. The number of benzene rings is 1. The van der Waals surface area contributed by atoms with Crippen LogP contribution in [0, 0.1) is 11.6 Å². The Hall–Kier alpha value is -1.95. The van der Waals surface area contributed by atoms with Gasteiger partial charge in [0.2, 0.25) is 5.82 Å². The number of nitrogens with one attached hydrogen (secondary N) is 1. The van der Waals surface area contributed by atoms with Crippen molar-refractivity contribution >= 4 is 5.78 Å². The fourth-order valence-electron chi connectivity index (χ4n) is 3.17. The molecule has 1 heterocycles. The van der Waals surface area contributed by atoms with Gasteiger partial charge in [0.1, 0.15) is 5.72 Å². The minimum atomic E-state index is -1.02. The van der Waals surface area contributed by atoms with Crippen LogP contribution in [0.15, 0.2) is 23.9 Å². The summed E-state index contributed by atoms with van der Waals surface area (Å²) >= 11 is 0. The zero-order valence-corrected chi connectivity index (χ0v) is 13.3. The van der Waals surface area contributed by atoms with Crippen molar-refractivity contribution in [2.45, 2.75) is 44.4 Å². The lowest BCUT2D eigenvalue weighted by Crippen LogP contribution is -2.49. The van der Waals surface area contributed by atoms with E-state index in [1.807, 2.05) is 13.8 Å². The second-order valence-corrected chi connectivity index (χ2v) is 6.41. The predicted octanol–water partition coefficient (Wildman–Crippen LogP) is 3.03. The van der Waals surface area contributed by atoms with Crippen LogP contribution in [0.3, 0.4) is 0 Å². The fourth-order valence-corrected chi connectivity index (χ4v) is 3.17. The van der Waals surface area contributed by atoms with E-state index in [4.69, 9.17) is 9.47 Å². The molecule has 2 unspecified atom stereocenters. The second kappa shape index (κ2) is 5.60. The van der Waals surface area contributed by atoms with Gasteiger partial charge in [-0.2, -0.15) is 4.39 Å². The van der Waals surface area contributed by atoms with Crippen LogP contribution in [-0.4, -0.2) is 24.7 Å². The maximum atomic E-state index is 14.3. The Balaban J connectivity index is 1.92. The first-order chi connectivity index (χ1) is 10.8. The number of Topliss-reactive ketones (excluding diaryl/α,β-unsaturated/α-hetero) is 1. The number of hydrogen-bond donors (Lipinski definition) is 1. The molecule has 3 rings (SSSR count). The van der Waals surface area contributed by atoms with Gasteiger partial charge in [-0.15, -0.1) is 0 Å². The van der Waals surface area contributed by atoms with Gasteiger partial charge in [-0.25, -0.2) is 4.39 Å². The number of hydrogen-bond acceptors (Lipinski definition) is 4. The molecule has 1 N–H and O–H groups in total. The van der Waals surface area contributed by atoms with Gasteiger partial charge in [0.15, 0.2) is 17.3 Å². The smallest absolute Gasteiger partial charge is 0.200 e. The van der Waals surface area contributed by atoms with Crippen LogP contribution in [0.25, 0.3) is 0 Å². The predicted molar refractivity (Wildman–Crippen MR) is 80.1 cm³/mol. The lowest BCUT2D eigenvalue weighted by atomic mass is 9.78. The van der Waals surface area contributed by atoms with Crippen LogP contribution in [0.2, 0.25) is 0 Å². The molecule has 1 saturated carbocycles. The summed E-state index contributed by atoms with van der Waals surface area (Å²) in [6.07, 6.45) is 1.83. The Kier molecular flexibility index (Phi) is 3.88. The average molecular weight is 323 g/mol. The Morgan fingerprint density at radius 3 is 2.74 bits per heavy atom. The summed E-state index contributed by atoms with van der Waals surface area (Å²) in [5.74, 6) is -2.65. The van der Waals surface area contributed by atoms with Gasteiger partial charge >= 0.3 is 0 Å². The van der Waals surface area contributed by atoms with Gasteiger partial charge in [-0.3, -0.25) is 4.79 Å². The van der Waals surface area contributed by atoms with E-state index in [9.17, 15) is 13.6 Å². The summed E-state index contributed by atoms with van der Waals surface area (Å²) < 4.78 is 38.9. The molecule has 6 heteroatoms. The summed E-state index contributed by atoms with van der Waals surface area (Å²) in [4.78, 5) is 12.3. The summed E-state index contributed by atoms with van der Waals surface area (Å²) in [5.41, 5.74) is 0.158. The number of fused-ring (bicyclic) bond motifs is 1. The third-order valence-electron chi connectivity index (χ3n) is 4.35. The fraction of sp³-hybridized carbons (Fsp3) is 0.471. The lowest BCUT2D eigenvalue weighted by Gasteiger charge is -2.40. The molecule has 0 radical (unpaired) electrons. The van der Waals surface area contributed by atoms with Crippen molar-refractivity contribution in [3.8, 4) is 5.75 Å². The summed E-state index contributed by atoms with van der Waals surface area (Å²) in [7, 11) is 1.28. The number of rotatable bonds is 2. The lowest BCUT2D eigenvalue weighted by molar-refractivity contribution is -0.127. The molecule has 1 aromatic rings. The first-order valence-electron chi connectivity index (χ1n) is 7.53. The van der Waals surface area contributed by atoms with Crippen LogP contribution in [0.1, 0.15) is 38.2 Å². The molecule has 0 bridgehead atoms. The van der Waals surface area contributed by atoms with Gasteiger partial charge in [0.05, 0.1) is 13.2 Å². The second-order valence-electron chi connectivity index (χ2n) is 6.41. The van der Waals surface area contributed by atoms with Crippen molar-refractivity contribution < 1.29 is 23.0 Å². The molecule has 0 aromatic heterocycles. The minimum Gasteiger partial charge on any atom is -0.494 e. The summed E-state index contributed by atoms with van der Waals surface area (Å²) in [6, 6.07) is 2.87. The van der Waals surface area contributed by atoms with E-state index in [1.165, 1.54) is 19.2 Å². The van der Waals surface area contributed by atoms with Gasteiger partial charge in [0, 0.05) is 18.2 Å². The largest absolute Gasteiger partial charge is 0.494 e. The van der Waals surface area contributed by atoms with Crippen LogP contribution in [-0.2, 0) is 9.53 Å². The topological polar surface area (TPSA) is 47.6 Å². The van der Waals surface area contributed by atoms with Gasteiger partial charge in [-0.1, -0.05) is 6.07 Å². The van der Waals surface area contributed by atoms with E-state index in [0.717, 1.165) is 0 Å². The van der Waals surface area contributed by atoms with Crippen molar-refractivity contribution in [3.05, 3.63) is 41.1 Å². The first-order valence-corrected chi connectivity index (χ1v) is 7.53. The zero-order valence-electron chi connectivity index (χ0n) is 13.3. The molecule has 1 aliphatic heterocycles. The SMILES string of the molecule is COc1ccc(C2CC(=O)C3=CNC(C)(C)OC3C2)c(F)c1F. The number of methoxy groups -OCH3 is 1. The Morgan fingerprint density at radius 1 is 1.30 bits per heavy atom. The van der Waals surface area contributed by atoms with Crippen LogP contribution < -0.4 is 10.1 Å².